The van der Waals surface area contributed by atoms with Crippen LogP contribution in [-0.4, -0.2) is 51.4 Å². The van der Waals surface area contributed by atoms with Crippen molar-refractivity contribution < 1.29 is 4.79 Å². The minimum Gasteiger partial charge on any atom is -0.340 e. The Morgan fingerprint density at radius 2 is 1.93 bits per heavy atom. The van der Waals surface area contributed by atoms with Crippen molar-refractivity contribution in [3.63, 3.8) is 0 Å². The lowest BCUT2D eigenvalue weighted by Gasteiger charge is -2.49. The number of halogens is 1. The van der Waals surface area contributed by atoms with Gasteiger partial charge < -0.3 is 4.90 Å². The number of rotatable bonds is 3. The molecule has 1 saturated carbocycles. The maximum absolute atomic E-state index is 12.6. The average molecular weight is 421 g/mol. The Labute approximate surface area is 176 Å². The van der Waals surface area contributed by atoms with Crippen LogP contribution in [0.1, 0.15) is 67.3 Å². The Hall–Kier alpha value is -1.24. The Kier molecular flexibility index (Phi) is 5.64. The Balaban J connectivity index is 0.00000192. The Bertz CT molecular complexity index is 879. The molecule has 7 heteroatoms. The van der Waals surface area contributed by atoms with Crippen molar-refractivity contribution in [2.45, 2.75) is 76.4 Å². The molecule has 3 aliphatic heterocycles. The summed E-state index contributed by atoms with van der Waals surface area (Å²) in [6.45, 7) is 3.72. The monoisotopic (exact) mass is 420 g/mol. The van der Waals surface area contributed by atoms with Crippen molar-refractivity contribution in [2.24, 2.45) is 0 Å². The van der Waals surface area contributed by atoms with Crippen LogP contribution in [0, 0.1) is 6.92 Å². The molecule has 28 heavy (non-hydrogen) atoms. The van der Waals surface area contributed by atoms with Crippen molar-refractivity contribution in [2.75, 3.05) is 13.6 Å². The number of aryl methyl sites for hydroxylation is 1. The molecule has 0 N–H and O–H groups in total. The van der Waals surface area contributed by atoms with Gasteiger partial charge in [-0.1, -0.05) is 19.3 Å². The lowest BCUT2D eigenvalue weighted by molar-refractivity contribution is -0.150. The Morgan fingerprint density at radius 1 is 1.14 bits per heavy atom. The summed E-state index contributed by atoms with van der Waals surface area (Å²) < 4.78 is 0. The molecule has 0 spiro atoms. The molecule has 2 aromatic heterocycles. The van der Waals surface area contributed by atoms with Gasteiger partial charge in [0.25, 0.3) is 0 Å². The summed E-state index contributed by atoms with van der Waals surface area (Å²) in [4.78, 5) is 29.1. The molecule has 2 atom stereocenters. The standard InChI is InChI=1S/C21H28N4OS.ClH/c1-13-22-17(12-25-11-15-8-9-18(25)21(26)24(15)2)16-10-19(27-20(16)23-13)14-6-4-3-5-7-14;/h10,14-15,18H,3-9,11-12H2,1-2H3;1H. The third-order valence-corrected chi connectivity index (χ3v) is 7.99. The Morgan fingerprint density at radius 3 is 2.68 bits per heavy atom. The van der Waals surface area contributed by atoms with Crippen LogP contribution in [0.3, 0.4) is 0 Å². The van der Waals surface area contributed by atoms with E-state index in [-0.39, 0.29) is 24.4 Å². The van der Waals surface area contributed by atoms with Crippen molar-refractivity contribution in [3.05, 3.63) is 22.5 Å². The molecule has 3 saturated heterocycles. The lowest BCUT2D eigenvalue weighted by Crippen LogP contribution is -2.64. The summed E-state index contributed by atoms with van der Waals surface area (Å²) in [5, 5.41) is 1.22. The molecule has 152 valence electrons. The molecule has 2 bridgehead atoms. The van der Waals surface area contributed by atoms with Gasteiger partial charge in [0.05, 0.1) is 11.7 Å². The largest absolute Gasteiger partial charge is 0.340 e. The predicted octanol–water partition coefficient (Wildman–Crippen LogP) is 4.27. The number of amides is 1. The predicted molar refractivity (Wildman–Crippen MR) is 115 cm³/mol. The quantitative estimate of drug-likeness (QED) is 0.743. The number of hydrogen-bond acceptors (Lipinski definition) is 5. The van der Waals surface area contributed by atoms with E-state index in [1.54, 1.807) is 0 Å². The number of thiophene rings is 1. The molecule has 0 aromatic carbocycles. The fourth-order valence-corrected chi connectivity index (χ4v) is 6.49. The third kappa shape index (κ3) is 3.44. The van der Waals surface area contributed by atoms with E-state index in [4.69, 9.17) is 9.97 Å². The van der Waals surface area contributed by atoms with Gasteiger partial charge in [0.1, 0.15) is 10.7 Å². The first kappa shape index (κ1) is 20.0. The van der Waals surface area contributed by atoms with Crippen LogP contribution in [0.4, 0.5) is 0 Å². The first-order chi connectivity index (χ1) is 13.1. The normalized spacial score (nSPS) is 26.1. The highest BCUT2D eigenvalue weighted by Crippen LogP contribution is 2.39. The van der Waals surface area contributed by atoms with Crippen LogP contribution >= 0.6 is 23.7 Å². The van der Waals surface area contributed by atoms with E-state index in [0.717, 1.165) is 42.3 Å². The summed E-state index contributed by atoms with van der Waals surface area (Å²) in [7, 11) is 1.96. The number of aromatic nitrogens is 2. The van der Waals surface area contributed by atoms with E-state index < -0.39 is 0 Å². The highest BCUT2D eigenvalue weighted by Gasteiger charge is 2.43. The maximum atomic E-state index is 12.6. The van der Waals surface area contributed by atoms with E-state index >= 15 is 0 Å². The van der Waals surface area contributed by atoms with E-state index in [9.17, 15) is 4.79 Å². The third-order valence-electron chi connectivity index (χ3n) is 6.80. The highest BCUT2D eigenvalue weighted by atomic mass is 35.5. The molecule has 4 aliphatic rings. The summed E-state index contributed by atoms with van der Waals surface area (Å²) >= 11 is 1.87. The first-order valence-corrected chi connectivity index (χ1v) is 11.2. The molecule has 4 fully saturated rings. The number of carbonyl (C=O) groups is 1. The molecule has 6 rings (SSSR count). The number of piperidine rings is 2. The second-order valence-electron chi connectivity index (χ2n) is 8.55. The second-order valence-corrected chi connectivity index (χ2v) is 9.61. The summed E-state index contributed by atoms with van der Waals surface area (Å²) in [6, 6.07) is 2.75. The van der Waals surface area contributed by atoms with Gasteiger partial charge >= 0.3 is 0 Å². The highest BCUT2D eigenvalue weighted by molar-refractivity contribution is 7.18. The molecule has 1 aliphatic carbocycles. The average Bonchev–Trinajstić information content (AvgIpc) is 3.10. The van der Waals surface area contributed by atoms with Crippen LogP contribution in [0.2, 0.25) is 0 Å². The first-order valence-electron chi connectivity index (χ1n) is 10.4. The van der Waals surface area contributed by atoms with Crippen LogP contribution in [0.5, 0.6) is 0 Å². The van der Waals surface area contributed by atoms with Gasteiger partial charge in [0, 0.05) is 36.4 Å². The minimum atomic E-state index is 0. The molecule has 0 radical (unpaired) electrons. The van der Waals surface area contributed by atoms with Crippen molar-refractivity contribution in [3.8, 4) is 0 Å². The lowest BCUT2D eigenvalue weighted by atomic mass is 9.88. The van der Waals surface area contributed by atoms with E-state index in [0.29, 0.717) is 12.0 Å². The van der Waals surface area contributed by atoms with E-state index in [2.05, 4.69) is 11.0 Å². The molecule has 5 heterocycles. The van der Waals surface area contributed by atoms with Crippen molar-refractivity contribution in [1.29, 1.82) is 0 Å². The van der Waals surface area contributed by atoms with E-state index in [1.807, 2.05) is 30.2 Å². The van der Waals surface area contributed by atoms with Crippen LogP contribution in [-0.2, 0) is 11.3 Å². The minimum absolute atomic E-state index is 0. The van der Waals surface area contributed by atoms with Crippen LogP contribution in [0.15, 0.2) is 6.07 Å². The summed E-state index contributed by atoms with van der Waals surface area (Å²) in [6.07, 6.45) is 8.82. The maximum Gasteiger partial charge on any atom is 0.239 e. The molecule has 1 amide bonds. The van der Waals surface area contributed by atoms with Gasteiger partial charge in [0.15, 0.2) is 0 Å². The van der Waals surface area contributed by atoms with Crippen LogP contribution in [0.25, 0.3) is 10.2 Å². The molecular formula is C21H29ClN4OS. The zero-order valence-electron chi connectivity index (χ0n) is 16.7. The summed E-state index contributed by atoms with van der Waals surface area (Å²) in [5.74, 6) is 1.83. The number of nitrogens with zero attached hydrogens (tertiary/aromatic N) is 4. The van der Waals surface area contributed by atoms with Crippen molar-refractivity contribution in [1.82, 2.24) is 19.8 Å². The van der Waals surface area contributed by atoms with Gasteiger partial charge in [0.2, 0.25) is 5.91 Å². The number of carbonyl (C=O) groups excluding carboxylic acids is 1. The topological polar surface area (TPSA) is 49.3 Å². The fourth-order valence-electron chi connectivity index (χ4n) is 5.23. The van der Waals surface area contributed by atoms with Gasteiger partial charge in [-0.2, -0.15) is 0 Å². The fraction of sp³-hybridized carbons (Fsp3) is 0.667. The van der Waals surface area contributed by atoms with E-state index in [1.165, 1.54) is 42.4 Å². The zero-order chi connectivity index (χ0) is 18.5. The van der Waals surface area contributed by atoms with Crippen LogP contribution < -0.4 is 0 Å². The molecule has 5 nitrogen and oxygen atoms in total. The van der Waals surface area contributed by atoms with Gasteiger partial charge in [-0.3, -0.25) is 9.69 Å². The molecule has 2 unspecified atom stereocenters. The summed E-state index contributed by atoms with van der Waals surface area (Å²) in [5.41, 5.74) is 1.11. The van der Waals surface area contributed by atoms with Gasteiger partial charge in [-0.25, -0.2) is 9.97 Å². The smallest absolute Gasteiger partial charge is 0.239 e. The number of piperazine rings is 1. The number of fused-ring (bicyclic) bond motifs is 4. The number of likely N-dealkylation sites (N-methyl/N-ethyl adjacent to an activating group) is 1. The number of hydrogen-bond donors (Lipinski definition) is 0. The molecular weight excluding hydrogens is 392 g/mol. The zero-order valence-corrected chi connectivity index (χ0v) is 18.3. The second kappa shape index (κ2) is 7.88. The molecule has 2 aromatic rings. The van der Waals surface area contributed by atoms with Crippen molar-refractivity contribution >= 4 is 39.9 Å². The van der Waals surface area contributed by atoms with Gasteiger partial charge in [-0.05, 0) is 44.6 Å². The van der Waals surface area contributed by atoms with Gasteiger partial charge in [-0.15, -0.1) is 23.7 Å². The SMILES string of the molecule is Cc1nc(CN2CC3CCC2C(=O)N3C)c2cc(C3CCCCC3)sc2n1.Cl.